The molecule has 0 unspecified atom stereocenters. The first-order valence-electron chi connectivity index (χ1n) is 5.48. The third-order valence-electron chi connectivity index (χ3n) is 2.26. The lowest BCUT2D eigenvalue weighted by atomic mass is 9.92. The Morgan fingerprint density at radius 2 is 1.21 bits per heavy atom. The van der Waals surface area contributed by atoms with Gasteiger partial charge in [0.2, 0.25) is 0 Å². The van der Waals surface area contributed by atoms with Crippen LogP contribution in [0.5, 0.6) is 0 Å². The fourth-order valence-corrected chi connectivity index (χ4v) is 1.68. The second-order valence-electron chi connectivity index (χ2n) is 2.98. The summed E-state index contributed by atoms with van der Waals surface area (Å²) in [5.41, 5.74) is 3.16. The van der Waals surface area contributed by atoms with E-state index in [2.05, 4.69) is 24.3 Å². The summed E-state index contributed by atoms with van der Waals surface area (Å²) in [6.07, 6.45) is 5.38. The maximum absolute atomic E-state index is 7.00. The highest BCUT2D eigenvalue weighted by Gasteiger charge is 2.05. The molecule has 0 amide bonds. The number of aryl methyl sites for hydroxylation is 2. The largest absolute Gasteiger partial charge is 0.400 e. The zero-order valence-electron chi connectivity index (χ0n) is 9.59. The SMILES string of the molecule is CC.CO.c1ccc2c(c1)CCCC2. The van der Waals surface area contributed by atoms with Crippen molar-refractivity contribution in [3.05, 3.63) is 35.4 Å². The van der Waals surface area contributed by atoms with Crippen LogP contribution in [-0.2, 0) is 12.8 Å². The minimum absolute atomic E-state index is 1.00. The van der Waals surface area contributed by atoms with Gasteiger partial charge in [-0.1, -0.05) is 38.1 Å². The summed E-state index contributed by atoms with van der Waals surface area (Å²) in [6.45, 7) is 4.00. The maximum Gasteiger partial charge on any atom is 0.0319 e. The minimum Gasteiger partial charge on any atom is -0.400 e. The Labute approximate surface area is 87.8 Å². The van der Waals surface area contributed by atoms with E-state index in [1.54, 1.807) is 11.1 Å². The van der Waals surface area contributed by atoms with Crippen LogP contribution in [0.25, 0.3) is 0 Å². The average molecular weight is 194 g/mol. The molecule has 14 heavy (non-hydrogen) atoms. The summed E-state index contributed by atoms with van der Waals surface area (Å²) in [6, 6.07) is 8.80. The minimum atomic E-state index is 1.00. The maximum atomic E-state index is 7.00. The van der Waals surface area contributed by atoms with Crippen LogP contribution in [0.4, 0.5) is 0 Å². The van der Waals surface area contributed by atoms with Gasteiger partial charge >= 0.3 is 0 Å². The lowest BCUT2D eigenvalue weighted by molar-refractivity contribution is 0.399. The number of fused-ring (bicyclic) bond motifs is 1. The van der Waals surface area contributed by atoms with Crippen molar-refractivity contribution in [3.63, 3.8) is 0 Å². The molecule has 0 fully saturated rings. The zero-order valence-corrected chi connectivity index (χ0v) is 9.59. The molecule has 0 saturated heterocycles. The molecule has 1 N–H and O–H groups in total. The number of benzene rings is 1. The summed E-state index contributed by atoms with van der Waals surface area (Å²) in [5.74, 6) is 0. The van der Waals surface area contributed by atoms with Crippen molar-refractivity contribution < 1.29 is 5.11 Å². The van der Waals surface area contributed by atoms with Crippen LogP contribution in [0.15, 0.2) is 24.3 Å². The molecule has 0 bridgehead atoms. The molecular formula is C13H22O. The topological polar surface area (TPSA) is 20.2 Å². The predicted octanol–water partition coefficient (Wildman–Crippen LogP) is 3.20. The van der Waals surface area contributed by atoms with Crippen molar-refractivity contribution in [1.82, 2.24) is 0 Å². The van der Waals surface area contributed by atoms with Crippen molar-refractivity contribution in [2.24, 2.45) is 0 Å². The summed E-state index contributed by atoms with van der Waals surface area (Å²) in [4.78, 5) is 0. The molecule has 1 aromatic carbocycles. The first kappa shape index (κ1) is 13.2. The van der Waals surface area contributed by atoms with Gasteiger partial charge in [-0.15, -0.1) is 0 Å². The molecule has 80 valence electrons. The molecule has 0 atom stereocenters. The van der Waals surface area contributed by atoms with E-state index in [1.165, 1.54) is 25.7 Å². The third kappa shape index (κ3) is 3.93. The van der Waals surface area contributed by atoms with E-state index in [-0.39, 0.29) is 0 Å². The fraction of sp³-hybridized carbons (Fsp3) is 0.538. The van der Waals surface area contributed by atoms with Gasteiger partial charge < -0.3 is 5.11 Å². The van der Waals surface area contributed by atoms with Gasteiger partial charge in [0.1, 0.15) is 0 Å². The summed E-state index contributed by atoms with van der Waals surface area (Å²) >= 11 is 0. The molecule has 1 aliphatic rings. The summed E-state index contributed by atoms with van der Waals surface area (Å²) in [5, 5.41) is 7.00. The van der Waals surface area contributed by atoms with E-state index in [0.717, 1.165) is 7.11 Å². The highest BCUT2D eigenvalue weighted by molar-refractivity contribution is 5.28. The lowest BCUT2D eigenvalue weighted by Gasteiger charge is -2.13. The molecule has 0 aromatic heterocycles. The van der Waals surface area contributed by atoms with Crippen molar-refractivity contribution >= 4 is 0 Å². The summed E-state index contributed by atoms with van der Waals surface area (Å²) in [7, 11) is 1.00. The quantitative estimate of drug-likeness (QED) is 0.672. The number of rotatable bonds is 0. The molecule has 0 spiro atoms. The van der Waals surface area contributed by atoms with Gasteiger partial charge in [-0.25, -0.2) is 0 Å². The molecule has 0 aliphatic heterocycles. The number of aliphatic hydroxyl groups excluding tert-OH is 1. The van der Waals surface area contributed by atoms with Crippen LogP contribution in [-0.4, -0.2) is 12.2 Å². The van der Waals surface area contributed by atoms with E-state index in [4.69, 9.17) is 5.11 Å². The van der Waals surface area contributed by atoms with Crippen molar-refractivity contribution in [2.75, 3.05) is 7.11 Å². The van der Waals surface area contributed by atoms with E-state index >= 15 is 0 Å². The van der Waals surface area contributed by atoms with Crippen LogP contribution >= 0.6 is 0 Å². The van der Waals surface area contributed by atoms with Gasteiger partial charge in [-0.05, 0) is 36.8 Å². The lowest BCUT2D eigenvalue weighted by Crippen LogP contribution is -2.00. The van der Waals surface area contributed by atoms with E-state index in [0.29, 0.717) is 0 Å². The number of aliphatic hydroxyl groups is 1. The summed E-state index contributed by atoms with van der Waals surface area (Å²) < 4.78 is 0. The molecule has 0 heterocycles. The molecular weight excluding hydrogens is 172 g/mol. The van der Waals surface area contributed by atoms with Crippen molar-refractivity contribution in [2.45, 2.75) is 39.5 Å². The normalized spacial score (nSPS) is 12.6. The molecule has 2 rings (SSSR count). The van der Waals surface area contributed by atoms with Gasteiger partial charge in [-0.2, -0.15) is 0 Å². The van der Waals surface area contributed by atoms with Crippen molar-refractivity contribution in [3.8, 4) is 0 Å². The monoisotopic (exact) mass is 194 g/mol. The standard InChI is InChI=1S/C10H12.C2H6.CH4O/c1-2-6-10-8-4-3-7-9(10)5-1;2*1-2/h1-2,5-6H,3-4,7-8H2;1-2H3;2H,1H3. The van der Waals surface area contributed by atoms with Crippen molar-refractivity contribution in [1.29, 1.82) is 0 Å². The Balaban J connectivity index is 0.000000379. The van der Waals surface area contributed by atoms with Crippen LogP contribution < -0.4 is 0 Å². The van der Waals surface area contributed by atoms with E-state index in [9.17, 15) is 0 Å². The predicted molar refractivity (Wildman–Crippen MR) is 62.6 cm³/mol. The first-order valence-corrected chi connectivity index (χ1v) is 5.48. The second kappa shape index (κ2) is 8.76. The Kier molecular flexibility index (Phi) is 8.25. The zero-order chi connectivity index (χ0) is 10.8. The molecule has 0 saturated carbocycles. The third-order valence-corrected chi connectivity index (χ3v) is 2.26. The van der Waals surface area contributed by atoms with Gasteiger partial charge in [0.15, 0.2) is 0 Å². The number of hydrogen-bond acceptors (Lipinski definition) is 1. The van der Waals surface area contributed by atoms with Gasteiger partial charge in [-0.3, -0.25) is 0 Å². The molecule has 1 nitrogen and oxygen atoms in total. The van der Waals surface area contributed by atoms with E-state index < -0.39 is 0 Å². The van der Waals surface area contributed by atoms with E-state index in [1.807, 2.05) is 13.8 Å². The average Bonchev–Trinajstić information content (AvgIpc) is 2.34. The highest BCUT2D eigenvalue weighted by Crippen LogP contribution is 2.19. The molecule has 1 aliphatic carbocycles. The van der Waals surface area contributed by atoms with Crippen LogP contribution in [0.1, 0.15) is 37.8 Å². The fourth-order valence-electron chi connectivity index (χ4n) is 1.68. The second-order valence-corrected chi connectivity index (χ2v) is 2.98. The first-order chi connectivity index (χ1) is 6.97. The Morgan fingerprint density at radius 3 is 1.57 bits per heavy atom. The Hall–Kier alpha value is -0.820. The smallest absolute Gasteiger partial charge is 0.0319 e. The molecule has 1 aromatic rings. The van der Waals surface area contributed by atoms with Gasteiger partial charge in [0.05, 0.1) is 0 Å². The van der Waals surface area contributed by atoms with Crippen LogP contribution in [0.2, 0.25) is 0 Å². The van der Waals surface area contributed by atoms with Gasteiger partial charge in [0.25, 0.3) is 0 Å². The highest BCUT2D eigenvalue weighted by atomic mass is 16.2. The van der Waals surface area contributed by atoms with Crippen LogP contribution in [0.3, 0.4) is 0 Å². The molecule has 0 radical (unpaired) electrons. The van der Waals surface area contributed by atoms with Gasteiger partial charge in [0, 0.05) is 7.11 Å². The molecule has 1 heteroatoms. The Bertz CT molecular complexity index is 205. The number of hydrogen-bond donors (Lipinski definition) is 1. The van der Waals surface area contributed by atoms with Crippen LogP contribution in [0, 0.1) is 0 Å². The Morgan fingerprint density at radius 1 is 0.857 bits per heavy atom.